The van der Waals surface area contributed by atoms with Gasteiger partial charge >= 0.3 is 0 Å². The summed E-state index contributed by atoms with van der Waals surface area (Å²) in [5.41, 5.74) is 6.05. The highest BCUT2D eigenvalue weighted by atomic mass is 15.2. The predicted molar refractivity (Wildman–Crippen MR) is 117 cm³/mol. The van der Waals surface area contributed by atoms with Crippen molar-refractivity contribution >= 4 is 16.7 Å². The number of imidazole rings is 1. The molecular formula is C23H32N4. The van der Waals surface area contributed by atoms with Crippen LogP contribution in [0.25, 0.3) is 22.4 Å². The van der Waals surface area contributed by atoms with Gasteiger partial charge in [-0.3, -0.25) is 0 Å². The number of rotatable bonds is 2. The Balaban J connectivity index is 0.00000102. The van der Waals surface area contributed by atoms with Crippen LogP contribution in [0, 0.1) is 0 Å². The third-order valence-corrected chi connectivity index (χ3v) is 4.97. The van der Waals surface area contributed by atoms with Gasteiger partial charge in [-0.05, 0) is 23.1 Å². The van der Waals surface area contributed by atoms with Gasteiger partial charge in [-0.15, -0.1) is 0 Å². The number of nitrogens with zero attached hydrogens (tertiary/aromatic N) is 2. The number of hydrogen-bond acceptors (Lipinski definition) is 3. The summed E-state index contributed by atoms with van der Waals surface area (Å²) < 4.78 is 0. The SMILES string of the molecule is CC.CC(C)(C)c1ccc(-c2nc3c(N4CCNCC4)cccc3[nH]2)cc1. The quantitative estimate of drug-likeness (QED) is 0.675. The highest BCUT2D eigenvalue weighted by Crippen LogP contribution is 2.30. The molecule has 144 valence electrons. The standard InChI is InChI=1S/C21H26N4.C2H6/c1-21(2,3)16-9-7-15(8-10-16)20-23-17-5-4-6-18(19(17)24-20)25-13-11-22-12-14-25;1-2/h4-10,22H,11-14H2,1-3H3,(H,23,24);1-2H3. The third kappa shape index (κ3) is 4.16. The van der Waals surface area contributed by atoms with Gasteiger partial charge in [-0.1, -0.05) is 65.0 Å². The van der Waals surface area contributed by atoms with Crippen molar-refractivity contribution in [3.8, 4) is 11.4 Å². The number of fused-ring (bicyclic) bond motifs is 1. The van der Waals surface area contributed by atoms with Crippen LogP contribution in [-0.4, -0.2) is 36.1 Å². The summed E-state index contributed by atoms with van der Waals surface area (Å²) in [5.74, 6) is 0.943. The molecule has 1 aromatic heterocycles. The number of para-hydroxylation sites is 1. The Bertz CT molecular complexity index is 866. The molecule has 1 saturated heterocycles. The number of hydrogen-bond donors (Lipinski definition) is 2. The lowest BCUT2D eigenvalue weighted by Gasteiger charge is -2.29. The van der Waals surface area contributed by atoms with Crippen molar-refractivity contribution in [2.24, 2.45) is 0 Å². The average Bonchev–Trinajstić information content (AvgIpc) is 3.14. The largest absolute Gasteiger partial charge is 0.367 e. The van der Waals surface area contributed by atoms with E-state index >= 15 is 0 Å². The molecule has 2 aromatic carbocycles. The molecule has 0 atom stereocenters. The van der Waals surface area contributed by atoms with Crippen LogP contribution >= 0.6 is 0 Å². The van der Waals surface area contributed by atoms with Gasteiger partial charge in [-0.25, -0.2) is 4.98 Å². The van der Waals surface area contributed by atoms with Gasteiger partial charge in [0.15, 0.2) is 0 Å². The molecule has 0 radical (unpaired) electrons. The second-order valence-corrected chi connectivity index (χ2v) is 7.82. The number of aromatic nitrogens is 2. The Hall–Kier alpha value is -2.33. The molecule has 4 rings (SSSR count). The topological polar surface area (TPSA) is 44.0 Å². The predicted octanol–water partition coefficient (Wildman–Crippen LogP) is 4.96. The average molecular weight is 365 g/mol. The van der Waals surface area contributed by atoms with Crippen LogP contribution in [0.2, 0.25) is 0 Å². The number of piperazine rings is 1. The number of aromatic amines is 1. The normalized spacial score (nSPS) is 14.8. The van der Waals surface area contributed by atoms with Crippen LogP contribution in [-0.2, 0) is 5.41 Å². The Kier molecular flexibility index (Phi) is 5.85. The number of nitrogens with one attached hydrogen (secondary N) is 2. The van der Waals surface area contributed by atoms with E-state index in [1.54, 1.807) is 0 Å². The Morgan fingerprint density at radius 3 is 2.22 bits per heavy atom. The van der Waals surface area contributed by atoms with Crippen molar-refractivity contribution in [3.05, 3.63) is 48.0 Å². The summed E-state index contributed by atoms with van der Waals surface area (Å²) in [4.78, 5) is 10.9. The van der Waals surface area contributed by atoms with Crippen LogP contribution in [0.15, 0.2) is 42.5 Å². The Morgan fingerprint density at radius 2 is 1.59 bits per heavy atom. The fraction of sp³-hybridized carbons (Fsp3) is 0.435. The van der Waals surface area contributed by atoms with Gasteiger partial charge in [0.1, 0.15) is 11.3 Å². The Labute approximate surface area is 163 Å². The minimum absolute atomic E-state index is 0.169. The molecular weight excluding hydrogens is 332 g/mol. The van der Waals surface area contributed by atoms with E-state index in [1.165, 1.54) is 11.3 Å². The third-order valence-electron chi connectivity index (χ3n) is 4.97. The molecule has 1 fully saturated rings. The second kappa shape index (κ2) is 8.13. The van der Waals surface area contributed by atoms with Gasteiger partial charge in [0, 0.05) is 31.7 Å². The summed E-state index contributed by atoms with van der Waals surface area (Å²) in [7, 11) is 0. The smallest absolute Gasteiger partial charge is 0.138 e. The fourth-order valence-electron chi connectivity index (χ4n) is 3.44. The van der Waals surface area contributed by atoms with Crippen LogP contribution in [0.1, 0.15) is 40.2 Å². The molecule has 4 heteroatoms. The summed E-state index contributed by atoms with van der Waals surface area (Å²) in [5, 5.41) is 3.41. The van der Waals surface area contributed by atoms with E-state index in [-0.39, 0.29) is 5.41 Å². The van der Waals surface area contributed by atoms with E-state index in [0.29, 0.717) is 0 Å². The zero-order valence-electron chi connectivity index (χ0n) is 17.3. The van der Waals surface area contributed by atoms with Crippen molar-refractivity contribution in [2.75, 3.05) is 31.1 Å². The number of H-pyrrole nitrogens is 1. The van der Waals surface area contributed by atoms with E-state index in [0.717, 1.165) is 48.6 Å². The van der Waals surface area contributed by atoms with E-state index in [2.05, 4.69) is 78.4 Å². The van der Waals surface area contributed by atoms with Crippen LogP contribution in [0.4, 0.5) is 5.69 Å². The van der Waals surface area contributed by atoms with Gasteiger partial charge in [0.25, 0.3) is 0 Å². The minimum Gasteiger partial charge on any atom is -0.367 e. The van der Waals surface area contributed by atoms with E-state index < -0.39 is 0 Å². The lowest BCUT2D eigenvalue weighted by Crippen LogP contribution is -2.43. The highest BCUT2D eigenvalue weighted by Gasteiger charge is 2.17. The van der Waals surface area contributed by atoms with Gasteiger partial charge in [0.2, 0.25) is 0 Å². The van der Waals surface area contributed by atoms with Crippen LogP contribution < -0.4 is 10.2 Å². The maximum Gasteiger partial charge on any atom is 0.138 e. The lowest BCUT2D eigenvalue weighted by molar-refractivity contribution is 0.590. The van der Waals surface area contributed by atoms with Gasteiger partial charge in [0.05, 0.1) is 11.2 Å². The summed E-state index contributed by atoms with van der Waals surface area (Å²) in [6, 6.07) is 15.2. The zero-order chi connectivity index (χ0) is 19.4. The molecule has 3 aromatic rings. The van der Waals surface area contributed by atoms with Crippen LogP contribution in [0.3, 0.4) is 0 Å². The fourth-order valence-corrected chi connectivity index (χ4v) is 3.44. The molecule has 0 bridgehead atoms. The molecule has 2 N–H and O–H groups in total. The number of benzene rings is 2. The molecule has 0 unspecified atom stereocenters. The van der Waals surface area contributed by atoms with E-state index in [9.17, 15) is 0 Å². The first-order chi connectivity index (χ1) is 13.0. The monoisotopic (exact) mass is 364 g/mol. The van der Waals surface area contributed by atoms with E-state index in [1.807, 2.05) is 13.8 Å². The molecule has 4 nitrogen and oxygen atoms in total. The summed E-state index contributed by atoms with van der Waals surface area (Å²) in [6.45, 7) is 14.8. The van der Waals surface area contributed by atoms with Crippen molar-refractivity contribution in [3.63, 3.8) is 0 Å². The molecule has 0 spiro atoms. The summed E-state index contributed by atoms with van der Waals surface area (Å²) >= 11 is 0. The van der Waals surface area contributed by atoms with Crippen molar-refractivity contribution in [1.29, 1.82) is 0 Å². The highest BCUT2D eigenvalue weighted by molar-refractivity contribution is 5.91. The first-order valence-corrected chi connectivity index (χ1v) is 10.1. The van der Waals surface area contributed by atoms with E-state index in [4.69, 9.17) is 4.98 Å². The molecule has 1 aliphatic heterocycles. The maximum absolute atomic E-state index is 4.93. The molecule has 27 heavy (non-hydrogen) atoms. The molecule has 0 aliphatic carbocycles. The van der Waals surface area contributed by atoms with Crippen LogP contribution in [0.5, 0.6) is 0 Å². The number of anilines is 1. The lowest BCUT2D eigenvalue weighted by atomic mass is 9.87. The first kappa shape index (κ1) is 19.4. The van der Waals surface area contributed by atoms with Crippen molar-refractivity contribution in [2.45, 2.75) is 40.0 Å². The molecule has 0 saturated carbocycles. The van der Waals surface area contributed by atoms with Crippen molar-refractivity contribution < 1.29 is 0 Å². The summed E-state index contributed by atoms with van der Waals surface area (Å²) in [6.07, 6.45) is 0. The molecule has 2 heterocycles. The van der Waals surface area contributed by atoms with Crippen molar-refractivity contribution in [1.82, 2.24) is 15.3 Å². The first-order valence-electron chi connectivity index (χ1n) is 10.1. The molecule has 0 amide bonds. The van der Waals surface area contributed by atoms with Gasteiger partial charge < -0.3 is 15.2 Å². The minimum atomic E-state index is 0.169. The second-order valence-electron chi connectivity index (χ2n) is 7.82. The van der Waals surface area contributed by atoms with Gasteiger partial charge in [-0.2, -0.15) is 0 Å². The maximum atomic E-state index is 4.93. The Morgan fingerprint density at radius 1 is 0.926 bits per heavy atom. The molecule has 1 aliphatic rings. The zero-order valence-corrected chi connectivity index (χ0v) is 17.3.